The van der Waals surface area contributed by atoms with E-state index >= 15 is 0 Å². The Bertz CT molecular complexity index is 578. The van der Waals surface area contributed by atoms with Crippen LogP contribution in [0, 0.1) is 0 Å². The molecule has 2 aromatic heterocycles. The van der Waals surface area contributed by atoms with E-state index in [1.807, 2.05) is 12.1 Å². The van der Waals surface area contributed by atoms with Crippen molar-refractivity contribution in [2.45, 2.75) is 25.3 Å². The van der Waals surface area contributed by atoms with E-state index in [2.05, 4.69) is 9.88 Å². The SMILES string of the molecule is O=C(O)CC1CCCN1c1nccc2occc12. The highest BCUT2D eigenvalue weighted by molar-refractivity contribution is 5.88. The zero-order valence-electron chi connectivity index (χ0n) is 9.87. The minimum Gasteiger partial charge on any atom is -0.481 e. The molecule has 0 bridgehead atoms. The van der Waals surface area contributed by atoms with Gasteiger partial charge in [0.2, 0.25) is 0 Å². The molecular weight excluding hydrogens is 232 g/mol. The maximum atomic E-state index is 10.9. The van der Waals surface area contributed by atoms with Gasteiger partial charge in [-0.3, -0.25) is 4.79 Å². The Morgan fingerprint density at radius 2 is 2.44 bits per heavy atom. The van der Waals surface area contributed by atoms with E-state index in [0.717, 1.165) is 36.2 Å². The topological polar surface area (TPSA) is 66.6 Å². The molecule has 1 N–H and O–H groups in total. The molecule has 1 fully saturated rings. The second kappa shape index (κ2) is 4.33. The third-order valence-corrected chi connectivity index (χ3v) is 3.42. The lowest BCUT2D eigenvalue weighted by Crippen LogP contribution is -2.31. The minimum absolute atomic E-state index is 0.0375. The number of carboxylic acid groups (broad SMARTS) is 1. The van der Waals surface area contributed by atoms with E-state index in [-0.39, 0.29) is 12.5 Å². The number of nitrogens with zero attached hydrogens (tertiary/aromatic N) is 2. The highest BCUT2D eigenvalue weighted by Crippen LogP contribution is 2.31. The average Bonchev–Trinajstić information content (AvgIpc) is 2.95. The van der Waals surface area contributed by atoms with Gasteiger partial charge in [0.15, 0.2) is 0 Å². The van der Waals surface area contributed by atoms with Crippen LogP contribution >= 0.6 is 0 Å². The van der Waals surface area contributed by atoms with Crippen molar-refractivity contribution in [2.24, 2.45) is 0 Å². The van der Waals surface area contributed by atoms with Crippen molar-refractivity contribution >= 4 is 22.8 Å². The molecule has 2 aromatic rings. The molecule has 5 nitrogen and oxygen atoms in total. The summed E-state index contributed by atoms with van der Waals surface area (Å²) in [5.41, 5.74) is 0.793. The van der Waals surface area contributed by atoms with Crippen molar-refractivity contribution in [2.75, 3.05) is 11.4 Å². The van der Waals surface area contributed by atoms with Gasteiger partial charge in [-0.05, 0) is 25.0 Å². The maximum absolute atomic E-state index is 10.9. The molecule has 3 heterocycles. The fourth-order valence-electron chi connectivity index (χ4n) is 2.64. The summed E-state index contributed by atoms with van der Waals surface area (Å²) in [7, 11) is 0. The third kappa shape index (κ3) is 1.81. The number of aromatic nitrogens is 1. The summed E-state index contributed by atoms with van der Waals surface area (Å²) in [6, 6.07) is 3.74. The van der Waals surface area contributed by atoms with Crippen molar-refractivity contribution in [1.82, 2.24) is 4.98 Å². The van der Waals surface area contributed by atoms with E-state index in [9.17, 15) is 4.79 Å². The molecule has 18 heavy (non-hydrogen) atoms. The van der Waals surface area contributed by atoms with Crippen LogP contribution in [0.4, 0.5) is 5.82 Å². The van der Waals surface area contributed by atoms with Crippen LogP contribution in [0.15, 0.2) is 29.0 Å². The van der Waals surface area contributed by atoms with Gasteiger partial charge in [0, 0.05) is 18.8 Å². The van der Waals surface area contributed by atoms with Gasteiger partial charge in [-0.25, -0.2) is 4.98 Å². The van der Waals surface area contributed by atoms with Gasteiger partial charge in [-0.1, -0.05) is 0 Å². The van der Waals surface area contributed by atoms with Crippen LogP contribution in [-0.2, 0) is 4.79 Å². The van der Waals surface area contributed by atoms with Crippen molar-refractivity contribution < 1.29 is 14.3 Å². The normalized spacial score (nSPS) is 19.6. The first-order valence-electron chi connectivity index (χ1n) is 6.06. The summed E-state index contributed by atoms with van der Waals surface area (Å²) < 4.78 is 5.35. The standard InChI is InChI=1S/C13H14N2O3/c16-12(17)8-9-2-1-6-15(9)13-10-4-7-18-11(10)3-5-14-13/h3-5,7,9H,1-2,6,8H2,(H,16,17). The van der Waals surface area contributed by atoms with E-state index in [1.54, 1.807) is 12.5 Å². The van der Waals surface area contributed by atoms with Crippen LogP contribution in [0.2, 0.25) is 0 Å². The zero-order chi connectivity index (χ0) is 12.5. The number of aliphatic carboxylic acids is 1. The molecule has 1 saturated heterocycles. The Labute approximate surface area is 104 Å². The van der Waals surface area contributed by atoms with Crippen LogP contribution in [0.1, 0.15) is 19.3 Å². The van der Waals surface area contributed by atoms with Crippen molar-refractivity contribution in [3.63, 3.8) is 0 Å². The van der Waals surface area contributed by atoms with Crippen molar-refractivity contribution in [1.29, 1.82) is 0 Å². The summed E-state index contributed by atoms with van der Waals surface area (Å²) in [5.74, 6) is 0.0799. The minimum atomic E-state index is -0.758. The third-order valence-electron chi connectivity index (χ3n) is 3.42. The molecule has 0 aliphatic carbocycles. The molecule has 1 aliphatic rings. The first kappa shape index (κ1) is 11.1. The quantitative estimate of drug-likeness (QED) is 0.899. The lowest BCUT2D eigenvalue weighted by molar-refractivity contribution is -0.137. The second-order valence-corrected chi connectivity index (χ2v) is 4.55. The number of carboxylic acids is 1. The number of pyridine rings is 1. The van der Waals surface area contributed by atoms with E-state index in [0.29, 0.717) is 0 Å². The zero-order valence-corrected chi connectivity index (χ0v) is 9.87. The molecule has 1 atom stereocenters. The van der Waals surface area contributed by atoms with Crippen LogP contribution in [0.25, 0.3) is 11.0 Å². The van der Waals surface area contributed by atoms with Gasteiger partial charge < -0.3 is 14.4 Å². The number of anilines is 1. The number of furan rings is 1. The molecule has 3 rings (SSSR count). The number of carbonyl (C=O) groups is 1. The molecule has 0 aromatic carbocycles. The first-order chi connectivity index (χ1) is 8.75. The van der Waals surface area contributed by atoms with Crippen molar-refractivity contribution in [3.05, 3.63) is 24.6 Å². The molecule has 5 heteroatoms. The van der Waals surface area contributed by atoms with Crippen LogP contribution in [0.5, 0.6) is 0 Å². The van der Waals surface area contributed by atoms with E-state index in [4.69, 9.17) is 9.52 Å². The smallest absolute Gasteiger partial charge is 0.305 e. The van der Waals surface area contributed by atoms with Gasteiger partial charge in [-0.2, -0.15) is 0 Å². The Morgan fingerprint density at radius 1 is 1.56 bits per heavy atom. The first-order valence-corrected chi connectivity index (χ1v) is 6.06. The van der Waals surface area contributed by atoms with E-state index < -0.39 is 5.97 Å². The van der Waals surface area contributed by atoms with Crippen LogP contribution in [-0.4, -0.2) is 28.6 Å². The number of hydrogen-bond donors (Lipinski definition) is 1. The molecule has 1 aliphatic heterocycles. The summed E-state index contributed by atoms with van der Waals surface area (Å²) in [4.78, 5) is 17.4. The molecule has 0 spiro atoms. The van der Waals surface area contributed by atoms with Crippen LogP contribution < -0.4 is 4.90 Å². The van der Waals surface area contributed by atoms with Gasteiger partial charge in [-0.15, -0.1) is 0 Å². The maximum Gasteiger partial charge on any atom is 0.305 e. The fraction of sp³-hybridized carbons (Fsp3) is 0.385. The Morgan fingerprint density at radius 3 is 3.28 bits per heavy atom. The highest BCUT2D eigenvalue weighted by Gasteiger charge is 2.28. The predicted octanol–water partition coefficient (Wildman–Crippen LogP) is 2.27. The summed E-state index contributed by atoms with van der Waals surface area (Å²) in [6.45, 7) is 0.856. The Balaban J connectivity index is 1.98. The molecule has 0 saturated carbocycles. The number of rotatable bonds is 3. The Hall–Kier alpha value is -2.04. The summed E-state index contributed by atoms with van der Waals surface area (Å²) in [5, 5.41) is 9.90. The second-order valence-electron chi connectivity index (χ2n) is 4.55. The predicted molar refractivity (Wildman–Crippen MR) is 66.6 cm³/mol. The van der Waals surface area contributed by atoms with Crippen LogP contribution in [0.3, 0.4) is 0 Å². The van der Waals surface area contributed by atoms with Gasteiger partial charge in [0.1, 0.15) is 11.4 Å². The number of fused-ring (bicyclic) bond motifs is 1. The van der Waals surface area contributed by atoms with Gasteiger partial charge in [0.05, 0.1) is 18.1 Å². The molecule has 94 valence electrons. The molecule has 0 amide bonds. The van der Waals surface area contributed by atoms with Gasteiger partial charge >= 0.3 is 5.97 Å². The summed E-state index contributed by atoms with van der Waals surface area (Å²) in [6.07, 6.45) is 5.42. The van der Waals surface area contributed by atoms with E-state index in [1.165, 1.54) is 0 Å². The lowest BCUT2D eigenvalue weighted by atomic mass is 10.1. The van der Waals surface area contributed by atoms with Crippen molar-refractivity contribution in [3.8, 4) is 0 Å². The highest BCUT2D eigenvalue weighted by atomic mass is 16.4. The monoisotopic (exact) mass is 246 g/mol. The largest absolute Gasteiger partial charge is 0.481 e. The summed E-state index contributed by atoms with van der Waals surface area (Å²) >= 11 is 0. The lowest BCUT2D eigenvalue weighted by Gasteiger charge is -2.24. The molecular formula is C13H14N2O3. The van der Waals surface area contributed by atoms with Gasteiger partial charge in [0.25, 0.3) is 0 Å². The fourth-order valence-corrected chi connectivity index (χ4v) is 2.64. The molecule has 0 radical (unpaired) electrons. The Kier molecular flexibility index (Phi) is 2.66. The number of hydrogen-bond acceptors (Lipinski definition) is 4. The average molecular weight is 246 g/mol. The molecule has 1 unspecified atom stereocenters.